The lowest BCUT2D eigenvalue weighted by molar-refractivity contribution is 0.355. The van der Waals surface area contributed by atoms with E-state index in [9.17, 15) is 12.8 Å². The smallest absolute Gasteiger partial charge is 0.212 e. The standard InChI is InChI=1S/C16H21FN2O2S/c1-13-8-10-19(22(20,21)11-4-2-3-9-18)16(13)14-6-5-7-15(17)12-14/h5-7,12-13,16H,2-4,8,10-11H2,1H3/t13-,16-/m1/s1. The van der Waals surface area contributed by atoms with Crippen molar-refractivity contribution < 1.29 is 12.8 Å². The molecule has 4 nitrogen and oxygen atoms in total. The summed E-state index contributed by atoms with van der Waals surface area (Å²) in [6, 6.07) is 7.92. The van der Waals surface area contributed by atoms with Crippen molar-refractivity contribution in [2.75, 3.05) is 12.3 Å². The molecule has 22 heavy (non-hydrogen) atoms. The second kappa shape index (κ2) is 7.21. The minimum Gasteiger partial charge on any atom is -0.212 e. The molecule has 1 aromatic rings. The highest BCUT2D eigenvalue weighted by Gasteiger charge is 2.39. The Kier molecular flexibility index (Phi) is 5.54. The van der Waals surface area contributed by atoms with E-state index in [4.69, 9.17) is 5.26 Å². The third-order valence-electron chi connectivity index (χ3n) is 4.14. The first-order valence-corrected chi connectivity index (χ1v) is 9.18. The highest BCUT2D eigenvalue weighted by atomic mass is 32.2. The molecule has 1 aromatic carbocycles. The van der Waals surface area contributed by atoms with Gasteiger partial charge in [-0.2, -0.15) is 9.57 Å². The van der Waals surface area contributed by atoms with Gasteiger partial charge in [-0.3, -0.25) is 0 Å². The molecule has 1 aliphatic heterocycles. The van der Waals surface area contributed by atoms with Crippen molar-refractivity contribution in [3.05, 3.63) is 35.6 Å². The fourth-order valence-corrected chi connectivity index (χ4v) is 4.88. The van der Waals surface area contributed by atoms with E-state index >= 15 is 0 Å². The molecule has 0 aromatic heterocycles. The Hall–Kier alpha value is -1.45. The lowest BCUT2D eigenvalue weighted by Gasteiger charge is -2.27. The van der Waals surface area contributed by atoms with Crippen molar-refractivity contribution >= 4 is 10.0 Å². The molecule has 0 unspecified atom stereocenters. The summed E-state index contributed by atoms with van der Waals surface area (Å²) >= 11 is 0. The molecule has 0 bridgehead atoms. The fourth-order valence-electron chi connectivity index (χ4n) is 3.01. The van der Waals surface area contributed by atoms with Crippen LogP contribution < -0.4 is 0 Å². The van der Waals surface area contributed by atoms with Crippen LogP contribution in [0.4, 0.5) is 4.39 Å². The number of hydrogen-bond acceptors (Lipinski definition) is 3. The van der Waals surface area contributed by atoms with Gasteiger partial charge in [0.1, 0.15) is 5.82 Å². The van der Waals surface area contributed by atoms with E-state index in [0.717, 1.165) is 6.42 Å². The molecule has 6 heteroatoms. The number of nitriles is 1. The summed E-state index contributed by atoms with van der Waals surface area (Å²) in [6.07, 6.45) is 2.22. The van der Waals surface area contributed by atoms with Crippen molar-refractivity contribution in [1.29, 1.82) is 5.26 Å². The third-order valence-corrected chi connectivity index (χ3v) is 6.07. The van der Waals surface area contributed by atoms with Gasteiger partial charge >= 0.3 is 0 Å². The van der Waals surface area contributed by atoms with Gasteiger partial charge in [-0.1, -0.05) is 19.1 Å². The number of rotatable bonds is 6. The predicted octanol–water partition coefficient (Wildman–Crippen LogP) is 3.23. The first-order valence-electron chi connectivity index (χ1n) is 7.57. The van der Waals surface area contributed by atoms with Crippen molar-refractivity contribution in [1.82, 2.24) is 4.31 Å². The van der Waals surface area contributed by atoms with Crippen LogP contribution in [0.1, 0.15) is 44.2 Å². The third kappa shape index (κ3) is 3.84. The zero-order chi connectivity index (χ0) is 16.2. The summed E-state index contributed by atoms with van der Waals surface area (Å²) < 4.78 is 40.1. The number of hydrogen-bond donors (Lipinski definition) is 0. The number of unbranched alkanes of at least 4 members (excludes halogenated alkanes) is 2. The zero-order valence-electron chi connectivity index (χ0n) is 12.7. The van der Waals surface area contributed by atoms with Gasteiger partial charge in [0.2, 0.25) is 10.0 Å². The summed E-state index contributed by atoms with van der Waals surface area (Å²) in [7, 11) is -3.38. The van der Waals surface area contributed by atoms with Crippen LogP contribution in [0.2, 0.25) is 0 Å². The monoisotopic (exact) mass is 324 g/mol. The van der Waals surface area contributed by atoms with E-state index in [1.165, 1.54) is 16.4 Å². The maximum Gasteiger partial charge on any atom is 0.214 e. The minimum atomic E-state index is -3.38. The van der Waals surface area contributed by atoms with Crippen LogP contribution in [0.5, 0.6) is 0 Å². The summed E-state index contributed by atoms with van der Waals surface area (Å²) in [5.41, 5.74) is 0.714. The lowest BCUT2D eigenvalue weighted by Crippen LogP contribution is -2.33. The van der Waals surface area contributed by atoms with Crippen LogP contribution in [0.25, 0.3) is 0 Å². The number of sulfonamides is 1. The van der Waals surface area contributed by atoms with Crippen molar-refractivity contribution in [3.63, 3.8) is 0 Å². The Balaban J connectivity index is 2.17. The first kappa shape index (κ1) is 16.9. The second-order valence-corrected chi connectivity index (χ2v) is 7.85. The van der Waals surface area contributed by atoms with E-state index in [1.54, 1.807) is 12.1 Å². The summed E-state index contributed by atoms with van der Waals surface area (Å²) in [6.45, 7) is 2.48. The van der Waals surface area contributed by atoms with Crippen molar-refractivity contribution in [3.8, 4) is 6.07 Å². The van der Waals surface area contributed by atoms with Gasteiger partial charge in [-0.15, -0.1) is 0 Å². The average molecular weight is 324 g/mol. The molecule has 0 saturated carbocycles. The number of nitrogens with zero attached hydrogens (tertiary/aromatic N) is 2. The SMILES string of the molecule is C[C@@H]1CCN(S(=O)(=O)CCCCC#N)[C@H]1c1cccc(F)c1. The van der Waals surface area contributed by atoms with Crippen LogP contribution in [-0.2, 0) is 10.0 Å². The molecule has 0 radical (unpaired) electrons. The van der Waals surface area contributed by atoms with Crippen LogP contribution >= 0.6 is 0 Å². The van der Waals surface area contributed by atoms with Gasteiger partial charge in [-0.25, -0.2) is 12.8 Å². The Bertz CT molecular complexity index is 654. The number of halogens is 1. The highest BCUT2D eigenvalue weighted by Crippen LogP contribution is 2.39. The second-order valence-electron chi connectivity index (χ2n) is 5.81. The average Bonchev–Trinajstić information content (AvgIpc) is 2.86. The Morgan fingerprint density at radius 2 is 2.18 bits per heavy atom. The molecule has 1 fully saturated rings. The molecular formula is C16H21FN2O2S. The topological polar surface area (TPSA) is 61.2 Å². The van der Waals surface area contributed by atoms with E-state index in [2.05, 4.69) is 0 Å². The zero-order valence-corrected chi connectivity index (χ0v) is 13.5. The highest BCUT2D eigenvalue weighted by molar-refractivity contribution is 7.89. The molecule has 0 N–H and O–H groups in total. The van der Waals surface area contributed by atoms with E-state index < -0.39 is 10.0 Å². The van der Waals surface area contributed by atoms with Crippen LogP contribution in [-0.4, -0.2) is 25.0 Å². The predicted molar refractivity (Wildman–Crippen MR) is 82.9 cm³/mol. The quantitative estimate of drug-likeness (QED) is 0.755. The van der Waals surface area contributed by atoms with Gasteiger partial charge < -0.3 is 0 Å². The van der Waals surface area contributed by atoms with Gasteiger partial charge in [0, 0.05) is 13.0 Å². The van der Waals surface area contributed by atoms with E-state index in [0.29, 0.717) is 31.4 Å². The van der Waals surface area contributed by atoms with Crippen molar-refractivity contribution in [2.24, 2.45) is 5.92 Å². The summed E-state index contributed by atoms with van der Waals surface area (Å²) in [4.78, 5) is 0. The number of benzene rings is 1. The molecule has 1 aliphatic rings. The molecule has 0 amide bonds. The first-order chi connectivity index (χ1) is 10.5. The molecular weight excluding hydrogens is 303 g/mol. The molecule has 2 atom stereocenters. The molecule has 120 valence electrons. The lowest BCUT2D eigenvalue weighted by atomic mass is 9.96. The van der Waals surface area contributed by atoms with Gasteiger partial charge in [0.25, 0.3) is 0 Å². The maximum absolute atomic E-state index is 13.5. The fraction of sp³-hybridized carbons (Fsp3) is 0.562. The Labute approximate surface area is 131 Å². The van der Waals surface area contributed by atoms with Gasteiger partial charge in [0.15, 0.2) is 0 Å². The Morgan fingerprint density at radius 1 is 1.41 bits per heavy atom. The minimum absolute atomic E-state index is 0.0488. The Morgan fingerprint density at radius 3 is 2.86 bits per heavy atom. The maximum atomic E-state index is 13.5. The van der Waals surface area contributed by atoms with Crippen LogP contribution in [0, 0.1) is 23.1 Å². The molecule has 2 rings (SSSR count). The van der Waals surface area contributed by atoms with E-state index in [1.807, 2.05) is 13.0 Å². The molecule has 1 saturated heterocycles. The van der Waals surface area contributed by atoms with Crippen molar-refractivity contribution in [2.45, 2.75) is 38.6 Å². The van der Waals surface area contributed by atoms with Gasteiger partial charge in [0.05, 0.1) is 17.9 Å². The molecule has 0 aliphatic carbocycles. The van der Waals surface area contributed by atoms with Gasteiger partial charge in [-0.05, 0) is 42.9 Å². The van der Waals surface area contributed by atoms with Crippen LogP contribution in [0.15, 0.2) is 24.3 Å². The summed E-state index contributed by atoms with van der Waals surface area (Å²) in [5.74, 6) is -0.133. The van der Waals surface area contributed by atoms with Crippen LogP contribution in [0.3, 0.4) is 0 Å². The van der Waals surface area contributed by atoms with E-state index in [-0.39, 0.29) is 23.5 Å². The summed E-state index contributed by atoms with van der Waals surface area (Å²) in [5, 5.41) is 8.51. The largest absolute Gasteiger partial charge is 0.214 e. The molecule has 1 heterocycles. The normalized spacial score (nSPS) is 22.6. The molecule has 0 spiro atoms.